The molecule has 0 unspecified atom stereocenters. The number of ether oxygens (including phenoxy) is 4. The Labute approximate surface area is 171 Å². The minimum atomic E-state index is -4.12. The molecule has 29 heavy (non-hydrogen) atoms. The van der Waals surface area contributed by atoms with Gasteiger partial charge in [-0.25, -0.2) is 8.42 Å². The van der Waals surface area contributed by atoms with Crippen molar-refractivity contribution in [1.29, 1.82) is 0 Å². The molecule has 0 spiro atoms. The number of carbonyl (C=O) groups excluding carboxylic acids is 1. The van der Waals surface area contributed by atoms with Crippen molar-refractivity contribution in [2.45, 2.75) is 18.7 Å². The Balaban J connectivity index is 2.54. The third-order valence-electron chi connectivity index (χ3n) is 3.94. The molecule has 0 fully saturated rings. The summed E-state index contributed by atoms with van der Waals surface area (Å²) in [7, 11) is -1.25. The van der Waals surface area contributed by atoms with Gasteiger partial charge in [-0.15, -0.1) is 0 Å². The van der Waals surface area contributed by atoms with Gasteiger partial charge in [0.25, 0.3) is 10.0 Å². The smallest absolute Gasteiger partial charge is 0.326 e. The van der Waals surface area contributed by atoms with Crippen molar-refractivity contribution in [1.82, 2.24) is 0 Å². The molecule has 2 aromatic rings. The molecule has 2 aromatic carbocycles. The van der Waals surface area contributed by atoms with Crippen LogP contribution in [0.5, 0.6) is 17.2 Å². The lowest BCUT2D eigenvalue weighted by molar-refractivity contribution is -0.141. The highest BCUT2D eigenvalue weighted by Gasteiger charge is 2.29. The van der Waals surface area contributed by atoms with Crippen molar-refractivity contribution in [2.24, 2.45) is 0 Å². The summed E-state index contributed by atoms with van der Waals surface area (Å²) < 4.78 is 48.6. The molecular weight excluding hydrogens is 398 g/mol. The molecule has 0 saturated heterocycles. The molecular formula is C20H25NO7S. The molecule has 0 atom stereocenters. The van der Waals surface area contributed by atoms with E-state index < -0.39 is 22.5 Å². The van der Waals surface area contributed by atoms with Crippen LogP contribution < -0.4 is 18.5 Å². The molecule has 0 radical (unpaired) electrons. The van der Waals surface area contributed by atoms with E-state index in [-0.39, 0.29) is 22.9 Å². The van der Waals surface area contributed by atoms with Crippen LogP contribution >= 0.6 is 0 Å². The van der Waals surface area contributed by atoms with Crippen LogP contribution in [0.1, 0.15) is 13.8 Å². The zero-order chi connectivity index (χ0) is 21.4. The van der Waals surface area contributed by atoms with E-state index in [0.717, 1.165) is 4.31 Å². The maximum atomic E-state index is 13.4. The van der Waals surface area contributed by atoms with E-state index in [1.54, 1.807) is 31.2 Å². The summed E-state index contributed by atoms with van der Waals surface area (Å²) in [5, 5.41) is 0. The fourth-order valence-corrected chi connectivity index (χ4v) is 4.06. The summed E-state index contributed by atoms with van der Waals surface area (Å²) in [4.78, 5) is 12.1. The zero-order valence-corrected chi connectivity index (χ0v) is 17.7. The largest absolute Gasteiger partial charge is 0.494 e. The Hall–Kier alpha value is -2.94. The summed E-state index contributed by atoms with van der Waals surface area (Å²) in [5.41, 5.74) is 0.277. The number of anilines is 1. The number of benzene rings is 2. The molecule has 0 amide bonds. The van der Waals surface area contributed by atoms with Gasteiger partial charge in [-0.1, -0.05) is 6.07 Å². The SMILES string of the molecule is CCOC(=O)CN(c1cccc(OCC)c1)S(=O)(=O)c1ccc(OC)c(OC)c1. The first-order chi connectivity index (χ1) is 13.9. The first-order valence-corrected chi connectivity index (χ1v) is 10.4. The molecule has 2 rings (SSSR count). The van der Waals surface area contributed by atoms with Gasteiger partial charge in [-0.3, -0.25) is 9.10 Å². The molecule has 0 saturated carbocycles. The molecule has 0 bridgehead atoms. The number of rotatable bonds is 10. The second-order valence-corrected chi connectivity index (χ2v) is 7.63. The van der Waals surface area contributed by atoms with Crippen LogP contribution in [0.2, 0.25) is 0 Å². The third-order valence-corrected chi connectivity index (χ3v) is 5.71. The van der Waals surface area contributed by atoms with Crippen LogP contribution in [-0.2, 0) is 19.6 Å². The second kappa shape index (κ2) is 10.0. The van der Waals surface area contributed by atoms with Gasteiger partial charge < -0.3 is 18.9 Å². The Morgan fingerprint density at radius 1 is 0.966 bits per heavy atom. The van der Waals surface area contributed by atoms with Crippen LogP contribution in [0.15, 0.2) is 47.4 Å². The lowest BCUT2D eigenvalue weighted by Gasteiger charge is -2.24. The molecule has 0 N–H and O–H groups in total. The Morgan fingerprint density at radius 2 is 1.69 bits per heavy atom. The Bertz CT molecular complexity index is 944. The van der Waals surface area contributed by atoms with Crippen LogP contribution in [0.3, 0.4) is 0 Å². The monoisotopic (exact) mass is 423 g/mol. The number of sulfonamides is 1. The van der Waals surface area contributed by atoms with Gasteiger partial charge in [0.2, 0.25) is 0 Å². The van der Waals surface area contributed by atoms with Crippen molar-refractivity contribution in [3.63, 3.8) is 0 Å². The van der Waals surface area contributed by atoms with E-state index in [1.807, 2.05) is 6.92 Å². The Kier molecular flexibility index (Phi) is 7.72. The first-order valence-electron chi connectivity index (χ1n) is 9.00. The minimum Gasteiger partial charge on any atom is -0.494 e. The molecule has 8 nitrogen and oxygen atoms in total. The lowest BCUT2D eigenvalue weighted by Crippen LogP contribution is -2.36. The van der Waals surface area contributed by atoms with E-state index in [0.29, 0.717) is 18.1 Å². The third kappa shape index (κ3) is 5.32. The highest BCUT2D eigenvalue weighted by Crippen LogP contribution is 2.33. The van der Waals surface area contributed by atoms with Gasteiger partial charge in [0.05, 0.1) is 38.0 Å². The fraction of sp³-hybridized carbons (Fsp3) is 0.350. The van der Waals surface area contributed by atoms with Gasteiger partial charge in [-0.2, -0.15) is 0 Å². The van der Waals surface area contributed by atoms with E-state index in [4.69, 9.17) is 18.9 Å². The number of hydrogen-bond donors (Lipinski definition) is 0. The maximum absolute atomic E-state index is 13.4. The van der Waals surface area contributed by atoms with Gasteiger partial charge in [-0.05, 0) is 38.1 Å². The normalized spacial score (nSPS) is 10.9. The molecule has 0 aliphatic heterocycles. The molecule has 9 heteroatoms. The minimum absolute atomic E-state index is 0.0544. The number of esters is 1. The summed E-state index contributed by atoms with van der Waals surface area (Å²) in [5.74, 6) is 0.467. The van der Waals surface area contributed by atoms with Crippen LogP contribution in [0, 0.1) is 0 Å². The standard InChI is InChI=1S/C20H25NO7S/c1-5-27-16-9-7-8-15(12-16)21(14-20(22)28-6-2)29(23,24)17-10-11-18(25-3)19(13-17)26-4/h7-13H,5-6,14H2,1-4H3. The maximum Gasteiger partial charge on any atom is 0.326 e. The van der Waals surface area contributed by atoms with E-state index in [1.165, 1.54) is 32.4 Å². The van der Waals surface area contributed by atoms with Crippen molar-refractivity contribution in [2.75, 3.05) is 38.3 Å². The predicted molar refractivity (Wildman–Crippen MR) is 108 cm³/mol. The predicted octanol–water partition coefficient (Wildman–Crippen LogP) is 2.86. The molecule has 158 valence electrons. The van der Waals surface area contributed by atoms with Gasteiger partial charge >= 0.3 is 5.97 Å². The second-order valence-electron chi connectivity index (χ2n) is 5.76. The van der Waals surface area contributed by atoms with Crippen molar-refractivity contribution >= 4 is 21.7 Å². The molecule has 0 aliphatic carbocycles. The van der Waals surface area contributed by atoms with E-state index in [2.05, 4.69) is 0 Å². The summed E-state index contributed by atoms with van der Waals surface area (Å²) >= 11 is 0. The average Bonchev–Trinajstić information content (AvgIpc) is 2.72. The number of hydrogen-bond acceptors (Lipinski definition) is 7. The van der Waals surface area contributed by atoms with Crippen LogP contribution in [0.25, 0.3) is 0 Å². The van der Waals surface area contributed by atoms with Crippen molar-refractivity contribution in [3.8, 4) is 17.2 Å². The highest BCUT2D eigenvalue weighted by atomic mass is 32.2. The fourth-order valence-electron chi connectivity index (χ4n) is 2.64. The molecule has 0 aromatic heterocycles. The highest BCUT2D eigenvalue weighted by molar-refractivity contribution is 7.92. The molecule has 0 aliphatic rings. The van der Waals surface area contributed by atoms with E-state index in [9.17, 15) is 13.2 Å². The number of methoxy groups -OCH3 is 2. The van der Waals surface area contributed by atoms with Crippen LogP contribution in [0.4, 0.5) is 5.69 Å². The van der Waals surface area contributed by atoms with E-state index >= 15 is 0 Å². The topological polar surface area (TPSA) is 91.4 Å². The molecule has 0 heterocycles. The quantitative estimate of drug-likeness (QED) is 0.543. The van der Waals surface area contributed by atoms with Gasteiger partial charge in [0.1, 0.15) is 12.3 Å². The number of carbonyl (C=O) groups is 1. The summed E-state index contributed by atoms with van der Waals surface area (Å²) in [6, 6.07) is 10.7. The van der Waals surface area contributed by atoms with Crippen LogP contribution in [-0.4, -0.2) is 48.4 Å². The lowest BCUT2D eigenvalue weighted by atomic mass is 10.3. The first kappa shape index (κ1) is 22.4. The zero-order valence-electron chi connectivity index (χ0n) is 16.9. The number of nitrogens with zero attached hydrogens (tertiary/aromatic N) is 1. The summed E-state index contributed by atoms with van der Waals surface area (Å²) in [6.45, 7) is 3.55. The van der Waals surface area contributed by atoms with Crippen molar-refractivity contribution in [3.05, 3.63) is 42.5 Å². The van der Waals surface area contributed by atoms with Gasteiger partial charge in [0, 0.05) is 12.1 Å². The summed E-state index contributed by atoms with van der Waals surface area (Å²) in [6.07, 6.45) is 0. The Morgan fingerprint density at radius 3 is 2.31 bits per heavy atom. The average molecular weight is 423 g/mol. The van der Waals surface area contributed by atoms with Crippen molar-refractivity contribution < 1.29 is 32.2 Å². The van der Waals surface area contributed by atoms with Gasteiger partial charge in [0.15, 0.2) is 11.5 Å².